The summed E-state index contributed by atoms with van der Waals surface area (Å²) in [4.78, 5) is 24.0. The predicted octanol–water partition coefficient (Wildman–Crippen LogP) is 2.06. The number of benzene rings is 1. The predicted molar refractivity (Wildman–Crippen MR) is 64.0 cm³/mol. The molecule has 0 radical (unpaired) electrons. The average Bonchev–Trinajstić information content (AvgIpc) is 2.71. The molecule has 0 saturated carbocycles. The minimum Gasteiger partial charge on any atom is -0.478 e. The Hall–Kier alpha value is -2.17. The highest BCUT2D eigenvalue weighted by Crippen LogP contribution is 2.27. The maximum absolute atomic E-state index is 13.2. The fourth-order valence-electron chi connectivity index (χ4n) is 1.99. The Morgan fingerprint density at radius 1 is 1.56 bits per heavy atom. The molecule has 5 heteroatoms. The van der Waals surface area contributed by atoms with Crippen LogP contribution in [0.3, 0.4) is 0 Å². The van der Waals surface area contributed by atoms with Crippen molar-refractivity contribution in [2.45, 2.75) is 6.42 Å². The molecule has 0 spiro atoms. The largest absolute Gasteiger partial charge is 0.478 e. The van der Waals surface area contributed by atoms with Crippen LogP contribution < -0.4 is 4.90 Å². The summed E-state index contributed by atoms with van der Waals surface area (Å²) >= 11 is 0. The smallest absolute Gasteiger partial charge is 0.338 e. The standard InChI is InChI=1S/C13H12FNO3/c1-2-8-5-12(16)15(7-8)9-3-4-11(14)10(6-9)13(17)18/h2-4,6,8H,1,5,7H2,(H,17,18). The van der Waals surface area contributed by atoms with Crippen molar-refractivity contribution in [3.8, 4) is 0 Å². The SMILES string of the molecule is C=CC1CC(=O)N(c2ccc(F)c(C(=O)O)c2)C1. The number of carbonyl (C=O) groups excluding carboxylic acids is 1. The van der Waals surface area contributed by atoms with Crippen molar-refractivity contribution in [1.82, 2.24) is 0 Å². The van der Waals surface area contributed by atoms with E-state index in [4.69, 9.17) is 5.11 Å². The van der Waals surface area contributed by atoms with Crippen LogP contribution in [0.1, 0.15) is 16.8 Å². The van der Waals surface area contributed by atoms with E-state index in [1.54, 1.807) is 6.08 Å². The van der Waals surface area contributed by atoms with Gasteiger partial charge in [0, 0.05) is 24.6 Å². The maximum atomic E-state index is 13.2. The molecule has 1 fully saturated rings. The summed E-state index contributed by atoms with van der Waals surface area (Å²) in [5.41, 5.74) is -0.0227. The molecule has 0 aromatic heterocycles. The first-order chi connectivity index (χ1) is 8.52. The Balaban J connectivity index is 2.35. The molecule has 1 unspecified atom stereocenters. The Labute approximate surface area is 103 Å². The lowest BCUT2D eigenvalue weighted by atomic mass is 10.1. The van der Waals surface area contributed by atoms with Gasteiger partial charge in [-0.1, -0.05) is 6.08 Å². The van der Waals surface area contributed by atoms with Gasteiger partial charge in [0.15, 0.2) is 0 Å². The summed E-state index contributed by atoms with van der Waals surface area (Å²) in [6.45, 7) is 4.08. The fraction of sp³-hybridized carbons (Fsp3) is 0.231. The third-order valence-electron chi connectivity index (χ3n) is 2.98. The summed E-state index contributed by atoms with van der Waals surface area (Å²) in [5.74, 6) is -2.21. The van der Waals surface area contributed by atoms with E-state index in [9.17, 15) is 14.0 Å². The number of hydrogen-bond donors (Lipinski definition) is 1. The molecular formula is C13H12FNO3. The van der Waals surface area contributed by atoms with Crippen LogP contribution in [0.15, 0.2) is 30.9 Å². The molecule has 1 N–H and O–H groups in total. The van der Waals surface area contributed by atoms with Gasteiger partial charge < -0.3 is 10.0 Å². The fourth-order valence-corrected chi connectivity index (χ4v) is 1.99. The van der Waals surface area contributed by atoms with Crippen LogP contribution in [0.25, 0.3) is 0 Å². The first-order valence-corrected chi connectivity index (χ1v) is 5.48. The summed E-state index contributed by atoms with van der Waals surface area (Å²) in [6, 6.07) is 3.65. The summed E-state index contributed by atoms with van der Waals surface area (Å²) in [5, 5.41) is 8.84. The lowest BCUT2D eigenvalue weighted by Crippen LogP contribution is -2.24. The molecule has 1 aliphatic rings. The molecule has 18 heavy (non-hydrogen) atoms. The number of carbonyl (C=O) groups is 2. The van der Waals surface area contributed by atoms with Gasteiger partial charge in [0.1, 0.15) is 5.82 Å². The normalized spacial score (nSPS) is 19.1. The second kappa shape index (κ2) is 4.60. The molecule has 1 heterocycles. The lowest BCUT2D eigenvalue weighted by Gasteiger charge is -2.16. The number of carboxylic acids is 1. The van der Waals surface area contributed by atoms with Gasteiger partial charge in [-0.15, -0.1) is 6.58 Å². The van der Waals surface area contributed by atoms with Crippen molar-refractivity contribution in [2.24, 2.45) is 5.92 Å². The zero-order valence-corrected chi connectivity index (χ0v) is 9.60. The highest BCUT2D eigenvalue weighted by molar-refractivity contribution is 5.97. The molecule has 1 amide bonds. The second-order valence-corrected chi connectivity index (χ2v) is 4.17. The molecule has 1 aromatic carbocycles. The van der Waals surface area contributed by atoms with Gasteiger partial charge in [-0.05, 0) is 18.2 Å². The third kappa shape index (κ3) is 2.11. The first kappa shape index (κ1) is 12.3. The molecule has 0 bridgehead atoms. The lowest BCUT2D eigenvalue weighted by molar-refractivity contribution is -0.117. The summed E-state index contributed by atoms with van der Waals surface area (Å²) in [7, 11) is 0. The van der Waals surface area contributed by atoms with Gasteiger partial charge in [0.05, 0.1) is 5.56 Å². The number of hydrogen-bond acceptors (Lipinski definition) is 2. The van der Waals surface area contributed by atoms with Gasteiger partial charge in [-0.2, -0.15) is 0 Å². The van der Waals surface area contributed by atoms with Crippen molar-refractivity contribution in [3.05, 3.63) is 42.2 Å². The number of anilines is 1. The Morgan fingerprint density at radius 3 is 2.83 bits per heavy atom. The van der Waals surface area contributed by atoms with Gasteiger partial charge in [0.25, 0.3) is 0 Å². The minimum absolute atomic E-state index is 0.0517. The zero-order chi connectivity index (χ0) is 13.3. The van der Waals surface area contributed by atoms with Crippen molar-refractivity contribution < 1.29 is 19.1 Å². The van der Waals surface area contributed by atoms with Gasteiger partial charge in [0.2, 0.25) is 5.91 Å². The van der Waals surface area contributed by atoms with E-state index >= 15 is 0 Å². The second-order valence-electron chi connectivity index (χ2n) is 4.17. The number of rotatable bonds is 3. The molecule has 0 aliphatic carbocycles. The van der Waals surface area contributed by atoms with Crippen LogP contribution in [0.5, 0.6) is 0 Å². The van der Waals surface area contributed by atoms with Crippen LogP contribution >= 0.6 is 0 Å². The van der Waals surface area contributed by atoms with Gasteiger partial charge in [-0.3, -0.25) is 4.79 Å². The van der Waals surface area contributed by atoms with E-state index in [0.717, 1.165) is 6.07 Å². The van der Waals surface area contributed by atoms with Crippen LogP contribution in [0.2, 0.25) is 0 Å². The summed E-state index contributed by atoms with van der Waals surface area (Å²) < 4.78 is 13.2. The Morgan fingerprint density at radius 2 is 2.28 bits per heavy atom. The number of amides is 1. The highest BCUT2D eigenvalue weighted by atomic mass is 19.1. The van der Waals surface area contributed by atoms with Crippen molar-refractivity contribution >= 4 is 17.6 Å². The first-order valence-electron chi connectivity index (χ1n) is 5.48. The minimum atomic E-state index is -1.35. The van der Waals surface area contributed by atoms with E-state index in [1.165, 1.54) is 17.0 Å². The molecule has 94 valence electrons. The van der Waals surface area contributed by atoms with Crippen molar-refractivity contribution in [2.75, 3.05) is 11.4 Å². The number of nitrogens with zero attached hydrogens (tertiary/aromatic N) is 1. The monoisotopic (exact) mass is 249 g/mol. The van der Waals surface area contributed by atoms with Crippen LogP contribution in [-0.4, -0.2) is 23.5 Å². The molecule has 1 atom stereocenters. The molecular weight excluding hydrogens is 237 g/mol. The molecule has 1 saturated heterocycles. The van der Waals surface area contributed by atoms with E-state index in [2.05, 4.69) is 6.58 Å². The third-order valence-corrected chi connectivity index (χ3v) is 2.98. The van der Waals surface area contributed by atoms with E-state index < -0.39 is 17.3 Å². The van der Waals surface area contributed by atoms with E-state index in [0.29, 0.717) is 18.7 Å². The van der Waals surface area contributed by atoms with Crippen molar-refractivity contribution in [1.29, 1.82) is 0 Å². The number of aromatic carboxylic acids is 1. The van der Waals surface area contributed by atoms with Crippen LogP contribution in [0, 0.1) is 11.7 Å². The molecule has 2 rings (SSSR count). The topological polar surface area (TPSA) is 57.6 Å². The van der Waals surface area contributed by atoms with Crippen LogP contribution in [0.4, 0.5) is 10.1 Å². The molecule has 1 aliphatic heterocycles. The van der Waals surface area contributed by atoms with E-state index in [-0.39, 0.29) is 11.8 Å². The summed E-state index contributed by atoms with van der Waals surface area (Å²) in [6.07, 6.45) is 2.04. The highest BCUT2D eigenvalue weighted by Gasteiger charge is 2.29. The maximum Gasteiger partial charge on any atom is 0.338 e. The molecule has 4 nitrogen and oxygen atoms in total. The number of halogens is 1. The average molecular weight is 249 g/mol. The quantitative estimate of drug-likeness (QED) is 0.834. The van der Waals surface area contributed by atoms with Gasteiger partial charge in [-0.25, -0.2) is 9.18 Å². The van der Waals surface area contributed by atoms with Gasteiger partial charge >= 0.3 is 5.97 Å². The number of carboxylic acid groups (broad SMARTS) is 1. The van der Waals surface area contributed by atoms with Crippen LogP contribution in [-0.2, 0) is 4.79 Å². The Bertz CT molecular complexity index is 527. The van der Waals surface area contributed by atoms with Crippen molar-refractivity contribution in [3.63, 3.8) is 0 Å². The molecule has 1 aromatic rings. The Kier molecular flexibility index (Phi) is 3.14. The van der Waals surface area contributed by atoms with E-state index in [1.807, 2.05) is 0 Å². The zero-order valence-electron chi connectivity index (χ0n) is 9.60.